The van der Waals surface area contributed by atoms with Crippen LogP contribution in [-0.2, 0) is 11.3 Å². The Labute approximate surface area is 199 Å². The van der Waals surface area contributed by atoms with Gasteiger partial charge in [0, 0.05) is 36.9 Å². The van der Waals surface area contributed by atoms with Crippen LogP contribution in [0.1, 0.15) is 18.9 Å². The minimum Gasteiger partial charge on any atom is -0.475 e. The maximum absolute atomic E-state index is 12.9. The van der Waals surface area contributed by atoms with E-state index < -0.39 is 0 Å². The van der Waals surface area contributed by atoms with Crippen molar-refractivity contribution in [2.24, 2.45) is 4.99 Å². The molecule has 2 aromatic rings. The number of ether oxygens (including phenoxy) is 2. The first-order chi connectivity index (χ1) is 14.2. The highest BCUT2D eigenvalue weighted by atomic mass is 127. The van der Waals surface area contributed by atoms with Gasteiger partial charge in [-0.3, -0.25) is 0 Å². The fraction of sp³-hybridized carbons (Fsp3) is 0.429. The summed E-state index contributed by atoms with van der Waals surface area (Å²) in [5.74, 6) is 2.08. The molecule has 0 amide bonds. The summed E-state index contributed by atoms with van der Waals surface area (Å²) in [6, 6.07) is 10.4. The topological polar surface area (TPSA) is 67.8 Å². The average molecular weight is 548 g/mol. The third kappa shape index (κ3) is 10.4. The summed E-state index contributed by atoms with van der Waals surface area (Å²) in [6.45, 7) is 5.04. The van der Waals surface area contributed by atoms with Crippen molar-refractivity contribution in [1.29, 1.82) is 0 Å². The van der Waals surface area contributed by atoms with Crippen LogP contribution in [0.5, 0.6) is 5.88 Å². The van der Waals surface area contributed by atoms with Gasteiger partial charge >= 0.3 is 0 Å². The summed E-state index contributed by atoms with van der Waals surface area (Å²) in [5.41, 5.74) is 0.924. The number of rotatable bonds is 12. The maximum atomic E-state index is 12.9. The first-order valence-corrected chi connectivity index (χ1v) is 10.7. The van der Waals surface area contributed by atoms with E-state index >= 15 is 0 Å². The number of halogens is 2. The molecule has 2 N–H and O–H groups in total. The van der Waals surface area contributed by atoms with Gasteiger partial charge in [0.1, 0.15) is 12.4 Å². The van der Waals surface area contributed by atoms with E-state index in [9.17, 15) is 4.39 Å². The SMILES string of the molecule is CCNC(=NCc1cccnc1OCCOC)NCCCSc1ccc(F)cc1.I. The zero-order chi connectivity index (χ0) is 20.7. The van der Waals surface area contributed by atoms with Crippen LogP contribution in [0.15, 0.2) is 52.5 Å². The van der Waals surface area contributed by atoms with Crippen LogP contribution in [0.2, 0.25) is 0 Å². The fourth-order valence-corrected chi connectivity index (χ4v) is 3.25. The summed E-state index contributed by atoms with van der Waals surface area (Å²) in [7, 11) is 1.64. The highest BCUT2D eigenvalue weighted by molar-refractivity contribution is 14.0. The number of hydrogen-bond acceptors (Lipinski definition) is 5. The molecular formula is C21H30FIN4O2S. The quantitative estimate of drug-likeness (QED) is 0.137. The molecule has 0 atom stereocenters. The molecule has 0 saturated carbocycles. The number of nitrogens with zero attached hydrogens (tertiary/aromatic N) is 2. The van der Waals surface area contributed by atoms with Gasteiger partial charge in [0.15, 0.2) is 5.96 Å². The van der Waals surface area contributed by atoms with Crippen LogP contribution in [0.3, 0.4) is 0 Å². The predicted molar refractivity (Wildman–Crippen MR) is 132 cm³/mol. The van der Waals surface area contributed by atoms with Gasteiger partial charge < -0.3 is 20.1 Å². The lowest BCUT2D eigenvalue weighted by atomic mass is 10.3. The number of methoxy groups -OCH3 is 1. The number of pyridine rings is 1. The predicted octanol–water partition coefficient (Wildman–Crippen LogP) is 4.10. The van der Waals surface area contributed by atoms with Crippen molar-refractivity contribution >= 4 is 41.7 Å². The normalized spacial score (nSPS) is 11.0. The monoisotopic (exact) mass is 548 g/mol. The van der Waals surface area contributed by atoms with Gasteiger partial charge in [-0.25, -0.2) is 14.4 Å². The van der Waals surface area contributed by atoms with Gasteiger partial charge in [0.05, 0.1) is 13.2 Å². The summed E-state index contributed by atoms with van der Waals surface area (Å²) in [4.78, 5) is 9.99. The van der Waals surface area contributed by atoms with Crippen molar-refractivity contribution in [2.75, 3.05) is 39.2 Å². The Kier molecular flexibility index (Phi) is 14.2. The molecule has 0 aliphatic carbocycles. The van der Waals surface area contributed by atoms with Gasteiger partial charge in [0.2, 0.25) is 5.88 Å². The number of nitrogens with one attached hydrogen (secondary N) is 2. The lowest BCUT2D eigenvalue weighted by Gasteiger charge is -2.12. The molecule has 0 unspecified atom stereocenters. The summed E-state index contributed by atoms with van der Waals surface area (Å²) in [6.07, 6.45) is 2.67. The van der Waals surface area contributed by atoms with Crippen molar-refractivity contribution in [3.05, 3.63) is 54.0 Å². The molecule has 9 heteroatoms. The zero-order valence-corrected chi connectivity index (χ0v) is 20.5. The van der Waals surface area contributed by atoms with E-state index in [4.69, 9.17) is 9.47 Å². The van der Waals surface area contributed by atoms with Crippen LogP contribution in [-0.4, -0.2) is 50.1 Å². The Bertz CT molecular complexity index is 750. The van der Waals surface area contributed by atoms with Crippen molar-refractivity contribution in [3.63, 3.8) is 0 Å². The van der Waals surface area contributed by atoms with E-state index in [2.05, 4.69) is 20.6 Å². The van der Waals surface area contributed by atoms with E-state index in [-0.39, 0.29) is 29.8 Å². The molecule has 0 bridgehead atoms. The lowest BCUT2D eigenvalue weighted by Crippen LogP contribution is -2.37. The minimum absolute atomic E-state index is 0. The van der Waals surface area contributed by atoms with Crippen molar-refractivity contribution in [3.8, 4) is 5.88 Å². The number of aliphatic imine (C=N–C) groups is 1. The van der Waals surface area contributed by atoms with Crippen LogP contribution in [0.25, 0.3) is 0 Å². The van der Waals surface area contributed by atoms with Gasteiger partial charge in [-0.05, 0) is 49.4 Å². The number of hydrogen-bond donors (Lipinski definition) is 2. The highest BCUT2D eigenvalue weighted by Gasteiger charge is 2.05. The maximum Gasteiger partial charge on any atom is 0.218 e. The summed E-state index contributed by atoms with van der Waals surface area (Å²) >= 11 is 1.71. The van der Waals surface area contributed by atoms with E-state index in [1.807, 2.05) is 19.1 Å². The standard InChI is InChI=1S/C21H29FN4O2S.HI/c1-3-23-21(25-12-5-15-29-19-9-7-18(22)8-10-19)26-16-17-6-4-11-24-20(17)28-14-13-27-2;/h4,6-11H,3,5,12-16H2,1-2H3,(H2,23,25,26);1H. The summed E-state index contributed by atoms with van der Waals surface area (Å²) < 4.78 is 23.6. The van der Waals surface area contributed by atoms with Crippen LogP contribution < -0.4 is 15.4 Å². The average Bonchev–Trinajstić information content (AvgIpc) is 2.74. The summed E-state index contributed by atoms with van der Waals surface area (Å²) in [5, 5.41) is 6.59. The van der Waals surface area contributed by atoms with Crippen molar-refractivity contribution < 1.29 is 13.9 Å². The third-order valence-electron chi connectivity index (χ3n) is 3.82. The van der Waals surface area contributed by atoms with Crippen LogP contribution >= 0.6 is 35.7 Å². The Morgan fingerprint density at radius 3 is 2.70 bits per heavy atom. The van der Waals surface area contributed by atoms with Gasteiger partial charge in [-0.2, -0.15) is 0 Å². The van der Waals surface area contributed by atoms with Crippen LogP contribution in [0, 0.1) is 5.82 Å². The molecular weight excluding hydrogens is 518 g/mol. The van der Waals surface area contributed by atoms with Gasteiger partial charge in [0.25, 0.3) is 0 Å². The third-order valence-corrected chi connectivity index (χ3v) is 4.92. The molecule has 1 heterocycles. The second-order valence-corrected chi connectivity index (χ2v) is 7.26. The Balaban J connectivity index is 0.00000450. The number of aromatic nitrogens is 1. The Morgan fingerprint density at radius 2 is 1.97 bits per heavy atom. The first kappa shape index (κ1) is 26.4. The Hall–Kier alpha value is -1.59. The highest BCUT2D eigenvalue weighted by Crippen LogP contribution is 2.18. The molecule has 0 spiro atoms. The molecule has 1 aromatic heterocycles. The van der Waals surface area contributed by atoms with Crippen LogP contribution in [0.4, 0.5) is 4.39 Å². The van der Waals surface area contributed by atoms with E-state index in [1.54, 1.807) is 37.2 Å². The molecule has 1 aromatic carbocycles. The number of guanidine groups is 1. The van der Waals surface area contributed by atoms with E-state index in [1.165, 1.54) is 12.1 Å². The van der Waals surface area contributed by atoms with E-state index in [0.717, 1.165) is 41.7 Å². The zero-order valence-electron chi connectivity index (χ0n) is 17.4. The second-order valence-electron chi connectivity index (χ2n) is 6.09. The molecule has 0 aliphatic heterocycles. The van der Waals surface area contributed by atoms with Crippen molar-refractivity contribution in [1.82, 2.24) is 15.6 Å². The molecule has 0 radical (unpaired) electrons. The first-order valence-electron chi connectivity index (χ1n) is 9.69. The molecule has 0 saturated heterocycles. The Morgan fingerprint density at radius 1 is 1.17 bits per heavy atom. The van der Waals surface area contributed by atoms with Gasteiger partial charge in [-0.15, -0.1) is 35.7 Å². The van der Waals surface area contributed by atoms with Gasteiger partial charge in [-0.1, -0.05) is 6.07 Å². The molecule has 166 valence electrons. The number of thioether (sulfide) groups is 1. The molecule has 0 fully saturated rings. The largest absolute Gasteiger partial charge is 0.475 e. The molecule has 30 heavy (non-hydrogen) atoms. The number of benzene rings is 1. The minimum atomic E-state index is -0.205. The molecule has 2 rings (SSSR count). The lowest BCUT2D eigenvalue weighted by molar-refractivity contribution is 0.143. The second kappa shape index (κ2) is 16.1. The smallest absolute Gasteiger partial charge is 0.218 e. The van der Waals surface area contributed by atoms with E-state index in [0.29, 0.717) is 25.6 Å². The van der Waals surface area contributed by atoms with Crippen molar-refractivity contribution in [2.45, 2.75) is 24.8 Å². The molecule has 0 aliphatic rings. The molecule has 6 nitrogen and oxygen atoms in total. The fourth-order valence-electron chi connectivity index (χ4n) is 2.40.